The molecule has 0 aliphatic carbocycles. The molecule has 0 saturated heterocycles. The fourth-order valence-electron chi connectivity index (χ4n) is 1.78. The van der Waals surface area contributed by atoms with Crippen LogP contribution in [0.4, 0.5) is 0 Å². The number of carbonyl (C=O) groups excluding carboxylic acids is 1. The molecule has 5 heteroatoms. The summed E-state index contributed by atoms with van der Waals surface area (Å²) < 4.78 is 1.22. The van der Waals surface area contributed by atoms with E-state index in [2.05, 4.69) is 17.6 Å². The van der Waals surface area contributed by atoms with Gasteiger partial charge in [0, 0.05) is 23.4 Å². The molecule has 0 fully saturated rings. The normalized spacial score (nSPS) is 10.2. The SMILES string of the molecule is CCCNCCNC(=O)c1ccc2sccc2c1.Cl. The van der Waals surface area contributed by atoms with Crippen LogP contribution in [0.3, 0.4) is 0 Å². The summed E-state index contributed by atoms with van der Waals surface area (Å²) in [5.74, 6) is 0.00129. The highest BCUT2D eigenvalue weighted by Crippen LogP contribution is 2.21. The largest absolute Gasteiger partial charge is 0.351 e. The lowest BCUT2D eigenvalue weighted by atomic mass is 10.1. The average Bonchev–Trinajstić information content (AvgIpc) is 2.85. The lowest BCUT2D eigenvalue weighted by Gasteiger charge is -2.06. The smallest absolute Gasteiger partial charge is 0.251 e. The van der Waals surface area contributed by atoms with Gasteiger partial charge in [-0.05, 0) is 48.0 Å². The molecule has 0 atom stereocenters. The summed E-state index contributed by atoms with van der Waals surface area (Å²) in [5.41, 5.74) is 0.733. The van der Waals surface area contributed by atoms with Crippen molar-refractivity contribution < 1.29 is 4.79 Å². The molecule has 0 bridgehead atoms. The van der Waals surface area contributed by atoms with E-state index in [-0.39, 0.29) is 18.3 Å². The first-order valence-corrected chi connectivity index (χ1v) is 7.15. The van der Waals surface area contributed by atoms with Crippen LogP contribution in [0.1, 0.15) is 23.7 Å². The summed E-state index contributed by atoms with van der Waals surface area (Å²) in [6.07, 6.45) is 1.11. The average molecular weight is 299 g/mol. The minimum Gasteiger partial charge on any atom is -0.351 e. The van der Waals surface area contributed by atoms with E-state index in [4.69, 9.17) is 0 Å². The summed E-state index contributed by atoms with van der Waals surface area (Å²) in [6, 6.07) is 7.87. The van der Waals surface area contributed by atoms with E-state index in [1.807, 2.05) is 29.6 Å². The molecule has 1 heterocycles. The van der Waals surface area contributed by atoms with Gasteiger partial charge in [0.1, 0.15) is 0 Å². The van der Waals surface area contributed by atoms with E-state index in [0.717, 1.165) is 30.5 Å². The van der Waals surface area contributed by atoms with Crippen LogP contribution in [0.15, 0.2) is 29.6 Å². The molecule has 1 amide bonds. The molecule has 0 aliphatic heterocycles. The third-order valence-electron chi connectivity index (χ3n) is 2.73. The lowest BCUT2D eigenvalue weighted by molar-refractivity contribution is 0.0954. The van der Waals surface area contributed by atoms with E-state index in [1.165, 1.54) is 4.70 Å². The highest BCUT2D eigenvalue weighted by molar-refractivity contribution is 7.17. The molecule has 3 nitrogen and oxygen atoms in total. The Bertz CT molecular complexity index is 527. The van der Waals surface area contributed by atoms with Gasteiger partial charge in [-0.2, -0.15) is 0 Å². The zero-order valence-electron chi connectivity index (χ0n) is 10.9. The summed E-state index contributed by atoms with van der Waals surface area (Å²) in [5, 5.41) is 9.35. The maximum Gasteiger partial charge on any atom is 0.251 e. The Morgan fingerprint density at radius 3 is 2.84 bits per heavy atom. The molecule has 0 saturated carbocycles. The number of fused-ring (bicyclic) bond motifs is 1. The van der Waals surface area contributed by atoms with Crippen LogP contribution in [0.2, 0.25) is 0 Å². The second-order valence-corrected chi connectivity index (χ2v) is 5.13. The molecule has 1 aromatic heterocycles. The topological polar surface area (TPSA) is 41.1 Å². The van der Waals surface area contributed by atoms with E-state index in [1.54, 1.807) is 11.3 Å². The maximum atomic E-state index is 11.9. The molecular formula is C14H19ClN2OS. The molecule has 0 unspecified atom stereocenters. The summed E-state index contributed by atoms with van der Waals surface area (Å²) >= 11 is 1.69. The number of benzene rings is 1. The minimum absolute atomic E-state index is 0. The van der Waals surface area contributed by atoms with Crippen molar-refractivity contribution in [2.75, 3.05) is 19.6 Å². The van der Waals surface area contributed by atoms with Crippen molar-refractivity contribution in [2.24, 2.45) is 0 Å². The van der Waals surface area contributed by atoms with Gasteiger partial charge in [0.15, 0.2) is 0 Å². The second kappa shape index (κ2) is 8.15. The monoisotopic (exact) mass is 298 g/mol. The third kappa shape index (κ3) is 4.49. The Morgan fingerprint density at radius 2 is 2.05 bits per heavy atom. The van der Waals surface area contributed by atoms with Crippen molar-refractivity contribution in [3.8, 4) is 0 Å². The predicted octanol–water partition coefficient (Wildman–Crippen LogP) is 3.05. The van der Waals surface area contributed by atoms with Gasteiger partial charge in [-0.3, -0.25) is 4.79 Å². The van der Waals surface area contributed by atoms with Gasteiger partial charge in [-0.25, -0.2) is 0 Å². The van der Waals surface area contributed by atoms with Crippen LogP contribution in [-0.4, -0.2) is 25.5 Å². The highest BCUT2D eigenvalue weighted by atomic mass is 35.5. The number of carbonyl (C=O) groups is 1. The van der Waals surface area contributed by atoms with Crippen LogP contribution in [-0.2, 0) is 0 Å². The molecule has 19 heavy (non-hydrogen) atoms. The van der Waals surface area contributed by atoms with Crippen molar-refractivity contribution in [3.63, 3.8) is 0 Å². The number of amides is 1. The standard InChI is InChI=1S/C14H18N2OS.ClH/c1-2-6-15-7-8-16-14(17)12-3-4-13-11(10-12)5-9-18-13;/h3-5,9-10,15H,2,6-8H2,1H3,(H,16,17);1H. The molecule has 2 N–H and O–H groups in total. The number of nitrogens with one attached hydrogen (secondary N) is 2. The summed E-state index contributed by atoms with van der Waals surface area (Å²) in [7, 11) is 0. The predicted molar refractivity (Wildman–Crippen MR) is 84.6 cm³/mol. The van der Waals surface area contributed by atoms with Gasteiger partial charge < -0.3 is 10.6 Å². The van der Waals surface area contributed by atoms with E-state index in [0.29, 0.717) is 6.54 Å². The summed E-state index contributed by atoms with van der Waals surface area (Å²) in [4.78, 5) is 11.9. The van der Waals surface area contributed by atoms with E-state index < -0.39 is 0 Å². The van der Waals surface area contributed by atoms with Crippen molar-refractivity contribution in [1.82, 2.24) is 10.6 Å². The molecule has 2 aromatic rings. The molecule has 0 radical (unpaired) electrons. The third-order valence-corrected chi connectivity index (χ3v) is 3.63. The van der Waals surface area contributed by atoms with Gasteiger partial charge in [0.25, 0.3) is 5.91 Å². The van der Waals surface area contributed by atoms with Crippen LogP contribution >= 0.6 is 23.7 Å². The van der Waals surface area contributed by atoms with Gasteiger partial charge in [-0.1, -0.05) is 6.92 Å². The minimum atomic E-state index is 0. The number of hydrogen-bond donors (Lipinski definition) is 2. The van der Waals surface area contributed by atoms with Crippen molar-refractivity contribution in [2.45, 2.75) is 13.3 Å². The lowest BCUT2D eigenvalue weighted by Crippen LogP contribution is -2.32. The van der Waals surface area contributed by atoms with Crippen LogP contribution in [0.5, 0.6) is 0 Å². The van der Waals surface area contributed by atoms with Gasteiger partial charge in [-0.15, -0.1) is 23.7 Å². The first-order chi connectivity index (χ1) is 8.81. The van der Waals surface area contributed by atoms with Gasteiger partial charge in [0.2, 0.25) is 0 Å². The maximum absolute atomic E-state index is 11.9. The number of thiophene rings is 1. The van der Waals surface area contributed by atoms with E-state index in [9.17, 15) is 4.79 Å². The molecule has 1 aromatic carbocycles. The first-order valence-electron chi connectivity index (χ1n) is 6.27. The molecular weight excluding hydrogens is 280 g/mol. The molecule has 0 aliphatic rings. The van der Waals surface area contributed by atoms with Gasteiger partial charge in [0.05, 0.1) is 0 Å². The number of hydrogen-bond acceptors (Lipinski definition) is 3. The Morgan fingerprint density at radius 1 is 1.21 bits per heavy atom. The molecule has 0 spiro atoms. The van der Waals surface area contributed by atoms with Crippen LogP contribution in [0.25, 0.3) is 10.1 Å². The van der Waals surface area contributed by atoms with Crippen molar-refractivity contribution in [3.05, 3.63) is 35.2 Å². The molecule has 2 rings (SSSR count). The fourth-order valence-corrected chi connectivity index (χ4v) is 2.55. The second-order valence-electron chi connectivity index (χ2n) is 4.18. The zero-order chi connectivity index (χ0) is 12.8. The zero-order valence-corrected chi connectivity index (χ0v) is 12.6. The Labute approximate surface area is 123 Å². The fraction of sp³-hybridized carbons (Fsp3) is 0.357. The first kappa shape index (κ1) is 16.0. The number of rotatable bonds is 6. The highest BCUT2D eigenvalue weighted by Gasteiger charge is 2.05. The Hall–Kier alpha value is -1.10. The van der Waals surface area contributed by atoms with Crippen molar-refractivity contribution in [1.29, 1.82) is 0 Å². The Balaban J connectivity index is 0.00000180. The van der Waals surface area contributed by atoms with Crippen molar-refractivity contribution >= 4 is 39.7 Å². The van der Waals surface area contributed by atoms with Crippen LogP contribution < -0.4 is 10.6 Å². The summed E-state index contributed by atoms with van der Waals surface area (Å²) in [6.45, 7) is 4.61. The molecule has 104 valence electrons. The van der Waals surface area contributed by atoms with Gasteiger partial charge >= 0.3 is 0 Å². The van der Waals surface area contributed by atoms with Crippen LogP contribution in [0, 0.1) is 0 Å². The Kier molecular flexibility index (Phi) is 6.84. The quantitative estimate of drug-likeness (QED) is 0.805. The van der Waals surface area contributed by atoms with E-state index >= 15 is 0 Å². The number of halogens is 1.